The Morgan fingerprint density at radius 3 is 2.14 bits per heavy atom. The van der Waals surface area contributed by atoms with Crippen molar-refractivity contribution >= 4 is 0 Å². The number of aliphatic hydroxyl groups is 1. The van der Waals surface area contributed by atoms with Gasteiger partial charge in [0.25, 0.3) is 6.08 Å². The van der Waals surface area contributed by atoms with Crippen molar-refractivity contribution in [3.63, 3.8) is 0 Å². The lowest BCUT2D eigenvalue weighted by Crippen LogP contribution is -2.08. The molecule has 0 spiro atoms. The zero-order chi connectivity index (χ0) is 16.2. The van der Waals surface area contributed by atoms with E-state index in [1.54, 1.807) is 20.8 Å². The number of aromatic hydroxyl groups is 2. The molecule has 118 valence electrons. The number of rotatable bonds is 6. The SMILES string of the molecule is Cc1c(C)c(O)c(CC[C@@H](O)CCC=C(F)F)c(C)c1O. The highest BCUT2D eigenvalue weighted by atomic mass is 19.3. The van der Waals surface area contributed by atoms with Gasteiger partial charge in [-0.15, -0.1) is 0 Å². The van der Waals surface area contributed by atoms with Gasteiger partial charge in [-0.05, 0) is 69.2 Å². The van der Waals surface area contributed by atoms with E-state index in [4.69, 9.17) is 0 Å². The molecule has 0 amide bonds. The Hall–Kier alpha value is -1.62. The first-order chi connectivity index (χ1) is 9.75. The van der Waals surface area contributed by atoms with Crippen LogP contribution in [0.5, 0.6) is 11.5 Å². The van der Waals surface area contributed by atoms with Crippen LogP contribution in [0.4, 0.5) is 8.78 Å². The molecule has 1 atom stereocenters. The normalized spacial score (nSPS) is 12.3. The standard InChI is InChI=1S/C16H22F2O3/c1-9-10(2)16(21)13(11(3)15(9)20)8-7-12(19)5-4-6-14(17)18/h6,12,19-21H,4-5,7-8H2,1-3H3/t12-/m0/s1. The summed E-state index contributed by atoms with van der Waals surface area (Å²) in [6, 6.07) is 0. The van der Waals surface area contributed by atoms with E-state index in [0.29, 0.717) is 35.1 Å². The second kappa shape index (κ2) is 7.41. The van der Waals surface area contributed by atoms with E-state index in [2.05, 4.69) is 0 Å². The Labute approximate surface area is 123 Å². The van der Waals surface area contributed by atoms with Gasteiger partial charge < -0.3 is 15.3 Å². The van der Waals surface area contributed by atoms with Gasteiger partial charge in [0.2, 0.25) is 0 Å². The predicted molar refractivity (Wildman–Crippen MR) is 77.8 cm³/mol. The van der Waals surface area contributed by atoms with Crippen molar-refractivity contribution in [2.24, 2.45) is 0 Å². The predicted octanol–water partition coefficient (Wildman–Crippen LogP) is 3.88. The van der Waals surface area contributed by atoms with Gasteiger partial charge in [-0.3, -0.25) is 0 Å². The zero-order valence-corrected chi connectivity index (χ0v) is 12.6. The van der Waals surface area contributed by atoms with Gasteiger partial charge >= 0.3 is 0 Å². The monoisotopic (exact) mass is 300 g/mol. The fraction of sp³-hybridized carbons (Fsp3) is 0.500. The molecular weight excluding hydrogens is 278 g/mol. The minimum Gasteiger partial charge on any atom is -0.507 e. The molecule has 5 heteroatoms. The summed E-state index contributed by atoms with van der Waals surface area (Å²) in [4.78, 5) is 0. The maximum atomic E-state index is 11.9. The lowest BCUT2D eigenvalue weighted by atomic mass is 9.93. The molecule has 21 heavy (non-hydrogen) atoms. The van der Waals surface area contributed by atoms with E-state index in [9.17, 15) is 24.1 Å². The van der Waals surface area contributed by atoms with E-state index in [1.807, 2.05) is 0 Å². The summed E-state index contributed by atoms with van der Waals surface area (Å²) < 4.78 is 23.8. The number of phenols is 2. The Morgan fingerprint density at radius 1 is 1.00 bits per heavy atom. The number of aliphatic hydroxyl groups excluding tert-OH is 1. The number of benzene rings is 1. The Morgan fingerprint density at radius 2 is 1.57 bits per heavy atom. The second-order valence-electron chi connectivity index (χ2n) is 5.31. The second-order valence-corrected chi connectivity index (χ2v) is 5.31. The average molecular weight is 300 g/mol. The van der Waals surface area contributed by atoms with E-state index in [-0.39, 0.29) is 24.3 Å². The van der Waals surface area contributed by atoms with Crippen LogP contribution in [0, 0.1) is 20.8 Å². The summed E-state index contributed by atoms with van der Waals surface area (Å²) in [6.45, 7) is 5.16. The minimum absolute atomic E-state index is 0.118. The fourth-order valence-corrected chi connectivity index (χ4v) is 2.33. The average Bonchev–Trinajstić information content (AvgIpc) is 2.42. The van der Waals surface area contributed by atoms with Crippen LogP contribution >= 0.6 is 0 Å². The van der Waals surface area contributed by atoms with Crippen molar-refractivity contribution in [1.82, 2.24) is 0 Å². The molecule has 3 nitrogen and oxygen atoms in total. The highest BCUT2D eigenvalue weighted by molar-refractivity contribution is 5.56. The van der Waals surface area contributed by atoms with Crippen molar-refractivity contribution in [3.05, 3.63) is 34.4 Å². The Balaban J connectivity index is 2.74. The van der Waals surface area contributed by atoms with Crippen molar-refractivity contribution in [3.8, 4) is 11.5 Å². The van der Waals surface area contributed by atoms with Gasteiger partial charge in [-0.2, -0.15) is 8.78 Å². The molecule has 0 aromatic heterocycles. The van der Waals surface area contributed by atoms with Gasteiger partial charge in [-0.1, -0.05) is 0 Å². The van der Waals surface area contributed by atoms with Gasteiger partial charge in [0.1, 0.15) is 11.5 Å². The molecule has 0 fully saturated rings. The van der Waals surface area contributed by atoms with Crippen molar-refractivity contribution < 1.29 is 24.1 Å². The summed E-state index contributed by atoms with van der Waals surface area (Å²) >= 11 is 0. The molecule has 1 aromatic rings. The summed E-state index contributed by atoms with van der Waals surface area (Å²) in [7, 11) is 0. The topological polar surface area (TPSA) is 60.7 Å². The van der Waals surface area contributed by atoms with Gasteiger partial charge in [0.05, 0.1) is 6.10 Å². The summed E-state index contributed by atoms with van der Waals surface area (Å²) in [5.74, 6) is 0.280. The highest BCUT2D eigenvalue weighted by Gasteiger charge is 2.17. The molecule has 0 heterocycles. The summed E-state index contributed by atoms with van der Waals surface area (Å²) in [5.41, 5.74) is 2.45. The van der Waals surface area contributed by atoms with E-state index in [0.717, 1.165) is 6.08 Å². The van der Waals surface area contributed by atoms with Crippen LogP contribution in [0.3, 0.4) is 0 Å². The Bertz CT molecular complexity index is 506. The van der Waals surface area contributed by atoms with Gasteiger partial charge in [-0.25, -0.2) is 0 Å². The summed E-state index contributed by atoms with van der Waals surface area (Å²) in [6.07, 6.45) is -0.583. The third kappa shape index (κ3) is 4.43. The fourth-order valence-electron chi connectivity index (χ4n) is 2.33. The van der Waals surface area contributed by atoms with Crippen molar-refractivity contribution in [2.45, 2.75) is 52.6 Å². The number of hydrogen-bond acceptors (Lipinski definition) is 3. The molecule has 0 aliphatic rings. The van der Waals surface area contributed by atoms with Crippen molar-refractivity contribution in [1.29, 1.82) is 0 Å². The van der Waals surface area contributed by atoms with E-state index >= 15 is 0 Å². The first-order valence-corrected chi connectivity index (χ1v) is 6.95. The molecule has 0 bridgehead atoms. The lowest BCUT2D eigenvalue weighted by molar-refractivity contribution is 0.155. The van der Waals surface area contributed by atoms with Gasteiger partial charge in [0, 0.05) is 5.56 Å². The largest absolute Gasteiger partial charge is 0.507 e. The zero-order valence-electron chi connectivity index (χ0n) is 12.6. The van der Waals surface area contributed by atoms with E-state index < -0.39 is 12.2 Å². The van der Waals surface area contributed by atoms with Crippen LogP contribution < -0.4 is 0 Å². The molecule has 0 saturated heterocycles. The lowest BCUT2D eigenvalue weighted by Gasteiger charge is -2.17. The summed E-state index contributed by atoms with van der Waals surface area (Å²) in [5, 5.41) is 29.9. The minimum atomic E-state index is -1.74. The van der Waals surface area contributed by atoms with Crippen LogP contribution in [-0.4, -0.2) is 21.4 Å². The number of phenolic OH excluding ortho intramolecular Hbond substituents is 2. The quantitative estimate of drug-likeness (QED) is 0.699. The molecule has 1 rings (SSSR count). The molecule has 3 N–H and O–H groups in total. The maximum Gasteiger partial charge on any atom is 0.266 e. The van der Waals surface area contributed by atoms with Crippen LogP contribution in [-0.2, 0) is 6.42 Å². The molecule has 0 aliphatic carbocycles. The first kappa shape index (κ1) is 17.4. The van der Waals surface area contributed by atoms with Crippen molar-refractivity contribution in [2.75, 3.05) is 0 Å². The number of allylic oxidation sites excluding steroid dienone is 1. The number of hydrogen-bond donors (Lipinski definition) is 3. The molecule has 1 aromatic carbocycles. The first-order valence-electron chi connectivity index (χ1n) is 6.95. The third-order valence-electron chi connectivity index (χ3n) is 3.89. The van der Waals surface area contributed by atoms with Crippen LogP contribution in [0.1, 0.15) is 41.5 Å². The molecular formula is C16H22F2O3. The number of halogens is 2. The molecule has 0 saturated carbocycles. The smallest absolute Gasteiger partial charge is 0.266 e. The van der Waals surface area contributed by atoms with Gasteiger partial charge in [0.15, 0.2) is 0 Å². The van der Waals surface area contributed by atoms with Crippen LogP contribution in [0.25, 0.3) is 0 Å². The molecule has 0 unspecified atom stereocenters. The van der Waals surface area contributed by atoms with E-state index in [1.165, 1.54) is 0 Å². The molecule has 0 radical (unpaired) electrons. The third-order valence-corrected chi connectivity index (χ3v) is 3.89. The Kier molecular flexibility index (Phi) is 6.15. The maximum absolute atomic E-state index is 11.9. The highest BCUT2D eigenvalue weighted by Crippen LogP contribution is 2.37. The molecule has 0 aliphatic heterocycles. The van der Waals surface area contributed by atoms with Crippen LogP contribution in [0.15, 0.2) is 12.2 Å². The van der Waals surface area contributed by atoms with Crippen LogP contribution in [0.2, 0.25) is 0 Å².